The fourth-order valence-electron chi connectivity index (χ4n) is 1.53. The smallest absolute Gasteiger partial charge is 0.214 e. The molecule has 0 atom stereocenters. The zero-order valence-corrected chi connectivity index (χ0v) is 11.1. The van der Waals surface area contributed by atoms with E-state index in [9.17, 15) is 8.42 Å². The molecule has 0 unspecified atom stereocenters. The van der Waals surface area contributed by atoms with Gasteiger partial charge >= 0.3 is 0 Å². The average Bonchev–Trinajstić information content (AvgIpc) is 2.29. The first-order valence-electron chi connectivity index (χ1n) is 5.57. The molecule has 0 fully saturated rings. The van der Waals surface area contributed by atoms with Gasteiger partial charge in [-0.1, -0.05) is 24.3 Å². The van der Waals surface area contributed by atoms with Crippen LogP contribution in [0, 0.1) is 6.92 Å². The summed E-state index contributed by atoms with van der Waals surface area (Å²) < 4.78 is 25.0. The zero-order chi connectivity index (χ0) is 12.9. The number of benzene rings is 1. The Labute approximate surface area is 103 Å². The van der Waals surface area contributed by atoms with E-state index < -0.39 is 10.0 Å². The Bertz CT molecular complexity index is 457. The van der Waals surface area contributed by atoms with E-state index in [2.05, 4.69) is 0 Å². The molecule has 96 valence electrons. The third-order valence-corrected chi connectivity index (χ3v) is 4.57. The average molecular weight is 257 g/mol. The number of aryl methyl sites for hydroxylation is 1. The zero-order valence-electron chi connectivity index (χ0n) is 10.3. The van der Waals surface area contributed by atoms with E-state index in [4.69, 9.17) is 5.11 Å². The third kappa shape index (κ3) is 4.11. The second-order valence-electron chi connectivity index (χ2n) is 4.08. The number of aliphatic hydroxyl groups excluding tert-OH is 1. The molecule has 0 saturated heterocycles. The van der Waals surface area contributed by atoms with Crippen LogP contribution in [-0.2, 0) is 16.6 Å². The highest BCUT2D eigenvalue weighted by Gasteiger charge is 2.17. The van der Waals surface area contributed by atoms with Crippen LogP contribution in [0.2, 0.25) is 0 Å². The van der Waals surface area contributed by atoms with Crippen LogP contribution in [0.25, 0.3) is 0 Å². The van der Waals surface area contributed by atoms with E-state index in [0.717, 1.165) is 11.1 Å². The quantitative estimate of drug-likeness (QED) is 0.831. The van der Waals surface area contributed by atoms with Crippen molar-refractivity contribution in [1.29, 1.82) is 0 Å². The number of hydrogen-bond acceptors (Lipinski definition) is 3. The van der Waals surface area contributed by atoms with Gasteiger partial charge in [0.15, 0.2) is 0 Å². The molecule has 0 saturated carbocycles. The first-order valence-corrected chi connectivity index (χ1v) is 7.17. The predicted molar refractivity (Wildman–Crippen MR) is 68.1 cm³/mol. The molecular formula is C12H19NO3S. The molecule has 0 spiro atoms. The van der Waals surface area contributed by atoms with Crippen LogP contribution in [0.1, 0.15) is 17.5 Å². The summed E-state index contributed by atoms with van der Waals surface area (Å²) in [6, 6.07) is 7.71. The van der Waals surface area contributed by atoms with E-state index in [-0.39, 0.29) is 18.8 Å². The number of nitrogens with zero attached hydrogens (tertiary/aromatic N) is 1. The van der Waals surface area contributed by atoms with E-state index in [1.807, 2.05) is 31.2 Å². The van der Waals surface area contributed by atoms with Crippen LogP contribution in [0.5, 0.6) is 0 Å². The van der Waals surface area contributed by atoms with E-state index in [1.165, 1.54) is 4.31 Å². The molecule has 1 N–H and O–H groups in total. The second kappa shape index (κ2) is 6.14. The Balaban J connectivity index is 2.72. The summed E-state index contributed by atoms with van der Waals surface area (Å²) in [4.78, 5) is 0. The number of rotatable bonds is 6. The Morgan fingerprint density at radius 1 is 1.29 bits per heavy atom. The van der Waals surface area contributed by atoms with Crippen LogP contribution < -0.4 is 0 Å². The molecule has 0 amide bonds. The van der Waals surface area contributed by atoms with Crippen molar-refractivity contribution in [1.82, 2.24) is 4.31 Å². The van der Waals surface area contributed by atoms with E-state index in [0.29, 0.717) is 6.54 Å². The molecule has 0 aromatic heterocycles. The molecule has 0 bridgehead atoms. The summed E-state index contributed by atoms with van der Waals surface area (Å²) in [7, 11) is -1.70. The molecule has 1 rings (SSSR count). The van der Waals surface area contributed by atoms with Gasteiger partial charge in [0.05, 0.1) is 5.75 Å². The fraction of sp³-hybridized carbons (Fsp3) is 0.500. The SMILES string of the molecule is Cc1ccccc1CN(C)S(=O)(=O)CCCO. The van der Waals surface area contributed by atoms with Crippen LogP contribution in [0.3, 0.4) is 0 Å². The molecule has 0 aliphatic rings. The number of aliphatic hydroxyl groups is 1. The standard InChI is InChI=1S/C12H19NO3S/c1-11-6-3-4-7-12(11)10-13(2)17(15,16)9-5-8-14/h3-4,6-7,14H,5,8-10H2,1-2H3. The van der Waals surface area contributed by atoms with Gasteiger partial charge in [0.1, 0.15) is 0 Å². The maximum Gasteiger partial charge on any atom is 0.214 e. The fourth-order valence-corrected chi connectivity index (χ4v) is 2.67. The number of sulfonamides is 1. The summed E-state index contributed by atoms with van der Waals surface area (Å²) in [5, 5.41) is 8.66. The highest BCUT2D eigenvalue weighted by molar-refractivity contribution is 7.89. The van der Waals surface area contributed by atoms with Gasteiger partial charge in [-0.25, -0.2) is 12.7 Å². The molecule has 5 heteroatoms. The lowest BCUT2D eigenvalue weighted by Crippen LogP contribution is -2.29. The molecule has 4 nitrogen and oxygen atoms in total. The second-order valence-corrected chi connectivity index (χ2v) is 6.27. The minimum atomic E-state index is -3.26. The van der Waals surface area contributed by atoms with Crippen molar-refractivity contribution >= 4 is 10.0 Å². The van der Waals surface area contributed by atoms with Gasteiger partial charge in [-0.05, 0) is 24.5 Å². The van der Waals surface area contributed by atoms with Crippen LogP contribution >= 0.6 is 0 Å². The summed E-state index contributed by atoms with van der Waals surface area (Å²) in [5.41, 5.74) is 2.08. The van der Waals surface area contributed by atoms with Gasteiger partial charge in [0, 0.05) is 20.2 Å². The summed E-state index contributed by atoms with van der Waals surface area (Å²) in [6.45, 7) is 2.24. The van der Waals surface area contributed by atoms with Crippen LogP contribution in [0.4, 0.5) is 0 Å². The molecule has 17 heavy (non-hydrogen) atoms. The highest BCUT2D eigenvalue weighted by atomic mass is 32.2. The molecule has 0 aliphatic carbocycles. The molecule has 0 heterocycles. The van der Waals surface area contributed by atoms with Crippen molar-refractivity contribution in [2.24, 2.45) is 0 Å². The van der Waals surface area contributed by atoms with Gasteiger partial charge in [-0.2, -0.15) is 0 Å². The van der Waals surface area contributed by atoms with Gasteiger partial charge in [-0.3, -0.25) is 0 Å². The number of hydrogen-bond donors (Lipinski definition) is 1. The van der Waals surface area contributed by atoms with E-state index in [1.54, 1.807) is 7.05 Å². The first-order chi connectivity index (χ1) is 7.97. The largest absolute Gasteiger partial charge is 0.396 e. The molecule has 0 radical (unpaired) electrons. The Morgan fingerprint density at radius 2 is 1.94 bits per heavy atom. The minimum Gasteiger partial charge on any atom is -0.396 e. The van der Waals surface area contributed by atoms with Crippen molar-refractivity contribution < 1.29 is 13.5 Å². The van der Waals surface area contributed by atoms with Crippen molar-refractivity contribution in [3.63, 3.8) is 0 Å². The molecule has 1 aromatic carbocycles. The summed E-state index contributed by atoms with van der Waals surface area (Å²) in [5.74, 6) is -0.00805. The van der Waals surface area contributed by atoms with Crippen LogP contribution in [-0.4, -0.2) is 37.2 Å². The predicted octanol–water partition coefficient (Wildman–Crippen LogP) is 1.14. The lowest BCUT2D eigenvalue weighted by molar-refractivity contribution is 0.294. The summed E-state index contributed by atoms with van der Waals surface area (Å²) in [6.07, 6.45) is 0.278. The van der Waals surface area contributed by atoms with Gasteiger partial charge in [0.25, 0.3) is 0 Å². The highest BCUT2D eigenvalue weighted by Crippen LogP contribution is 2.12. The Kier molecular flexibility index (Phi) is 5.11. The Morgan fingerprint density at radius 3 is 2.53 bits per heavy atom. The van der Waals surface area contributed by atoms with Gasteiger partial charge in [-0.15, -0.1) is 0 Å². The molecular weight excluding hydrogens is 238 g/mol. The lowest BCUT2D eigenvalue weighted by atomic mass is 10.1. The van der Waals surface area contributed by atoms with Gasteiger partial charge in [0.2, 0.25) is 10.0 Å². The van der Waals surface area contributed by atoms with Crippen molar-refractivity contribution in [3.05, 3.63) is 35.4 Å². The van der Waals surface area contributed by atoms with Gasteiger partial charge < -0.3 is 5.11 Å². The topological polar surface area (TPSA) is 57.6 Å². The molecule has 1 aromatic rings. The maximum atomic E-state index is 11.8. The normalized spacial score (nSPS) is 12.0. The van der Waals surface area contributed by atoms with Crippen molar-refractivity contribution in [3.8, 4) is 0 Å². The monoisotopic (exact) mass is 257 g/mol. The van der Waals surface area contributed by atoms with E-state index >= 15 is 0 Å². The third-order valence-electron chi connectivity index (χ3n) is 2.69. The first kappa shape index (κ1) is 14.2. The van der Waals surface area contributed by atoms with Crippen molar-refractivity contribution in [2.75, 3.05) is 19.4 Å². The maximum absolute atomic E-state index is 11.8. The Hall–Kier alpha value is -0.910. The molecule has 0 aliphatic heterocycles. The van der Waals surface area contributed by atoms with Crippen LogP contribution in [0.15, 0.2) is 24.3 Å². The summed E-state index contributed by atoms with van der Waals surface area (Å²) >= 11 is 0. The lowest BCUT2D eigenvalue weighted by Gasteiger charge is -2.18. The minimum absolute atomic E-state index is 0.00805. The van der Waals surface area contributed by atoms with Crippen molar-refractivity contribution in [2.45, 2.75) is 19.9 Å².